The van der Waals surface area contributed by atoms with E-state index in [9.17, 15) is 13.6 Å². The Balaban J connectivity index is 1.81. The van der Waals surface area contributed by atoms with Crippen LogP contribution in [0.3, 0.4) is 0 Å². The van der Waals surface area contributed by atoms with Gasteiger partial charge in [0.2, 0.25) is 5.82 Å². The number of imidazole rings is 1. The SMILES string of the molecule is COC1CCC(NC(=O)c2nc(-c3cncn3C)cc(C(F)F)n2)CC1. The molecule has 1 saturated carbocycles. The smallest absolute Gasteiger partial charge is 0.289 e. The van der Waals surface area contributed by atoms with Crippen molar-refractivity contribution in [2.24, 2.45) is 7.05 Å². The van der Waals surface area contributed by atoms with Crippen LogP contribution in [0, 0.1) is 0 Å². The predicted octanol–water partition coefficient (Wildman–Crippen LogP) is 2.50. The van der Waals surface area contributed by atoms with E-state index in [1.165, 1.54) is 18.6 Å². The lowest BCUT2D eigenvalue weighted by atomic mass is 9.93. The molecule has 0 saturated heterocycles. The van der Waals surface area contributed by atoms with E-state index >= 15 is 0 Å². The molecule has 1 aliphatic rings. The number of ether oxygens (including phenoxy) is 1. The highest BCUT2D eigenvalue weighted by molar-refractivity contribution is 5.91. The van der Waals surface area contributed by atoms with E-state index in [-0.39, 0.29) is 23.7 Å². The Labute approximate surface area is 149 Å². The molecular formula is C17H21F2N5O2. The summed E-state index contributed by atoms with van der Waals surface area (Å²) in [5.41, 5.74) is 0.289. The number of carbonyl (C=O) groups is 1. The molecule has 0 atom stereocenters. The standard InChI is InChI=1S/C17H21F2N5O2/c1-24-9-20-8-14(24)12-7-13(15(18)19)23-16(22-12)17(25)21-10-3-5-11(26-2)6-4-10/h7-11,15H,3-6H2,1-2H3,(H,21,25). The molecule has 0 unspecified atom stereocenters. The van der Waals surface area contributed by atoms with Gasteiger partial charge in [0, 0.05) is 20.2 Å². The van der Waals surface area contributed by atoms with Gasteiger partial charge in [0.25, 0.3) is 12.3 Å². The zero-order chi connectivity index (χ0) is 18.7. The van der Waals surface area contributed by atoms with Crippen molar-refractivity contribution < 1.29 is 18.3 Å². The highest BCUT2D eigenvalue weighted by Gasteiger charge is 2.25. The summed E-state index contributed by atoms with van der Waals surface area (Å²) < 4.78 is 33.4. The van der Waals surface area contributed by atoms with Crippen LogP contribution in [0.25, 0.3) is 11.4 Å². The largest absolute Gasteiger partial charge is 0.381 e. The normalized spacial score (nSPS) is 20.3. The van der Waals surface area contributed by atoms with Crippen molar-refractivity contribution in [1.82, 2.24) is 24.8 Å². The number of nitrogens with zero attached hydrogens (tertiary/aromatic N) is 4. The molecule has 1 fully saturated rings. The molecule has 7 nitrogen and oxygen atoms in total. The Morgan fingerprint density at radius 2 is 2.04 bits per heavy atom. The van der Waals surface area contributed by atoms with Crippen LogP contribution < -0.4 is 5.32 Å². The maximum atomic E-state index is 13.2. The van der Waals surface area contributed by atoms with Crippen LogP contribution in [0.1, 0.15) is 48.4 Å². The monoisotopic (exact) mass is 365 g/mol. The van der Waals surface area contributed by atoms with Crippen molar-refractivity contribution in [3.63, 3.8) is 0 Å². The molecular weight excluding hydrogens is 344 g/mol. The fraction of sp³-hybridized carbons (Fsp3) is 0.529. The highest BCUT2D eigenvalue weighted by Crippen LogP contribution is 2.24. The van der Waals surface area contributed by atoms with Crippen LogP contribution in [-0.2, 0) is 11.8 Å². The van der Waals surface area contributed by atoms with Crippen molar-refractivity contribution in [3.05, 3.63) is 30.1 Å². The van der Waals surface area contributed by atoms with Crippen LogP contribution in [0.4, 0.5) is 8.78 Å². The number of halogens is 2. The Bertz CT molecular complexity index is 772. The van der Waals surface area contributed by atoms with Crippen molar-refractivity contribution in [2.45, 2.75) is 44.3 Å². The minimum absolute atomic E-state index is 0.0344. The Kier molecular flexibility index (Phi) is 5.55. The summed E-state index contributed by atoms with van der Waals surface area (Å²) in [4.78, 5) is 24.4. The lowest BCUT2D eigenvalue weighted by Gasteiger charge is -2.28. The van der Waals surface area contributed by atoms with Gasteiger partial charge in [0.05, 0.1) is 30.0 Å². The average molecular weight is 365 g/mol. The number of amides is 1. The average Bonchev–Trinajstić information content (AvgIpc) is 3.08. The van der Waals surface area contributed by atoms with E-state index in [0.29, 0.717) is 5.69 Å². The first-order chi connectivity index (χ1) is 12.5. The third kappa shape index (κ3) is 4.04. The van der Waals surface area contributed by atoms with Gasteiger partial charge in [-0.25, -0.2) is 23.7 Å². The highest BCUT2D eigenvalue weighted by atomic mass is 19.3. The number of carbonyl (C=O) groups excluding carboxylic acids is 1. The first-order valence-corrected chi connectivity index (χ1v) is 8.45. The van der Waals surface area contributed by atoms with Gasteiger partial charge in [0.1, 0.15) is 5.69 Å². The lowest BCUT2D eigenvalue weighted by molar-refractivity contribution is 0.0597. The molecule has 26 heavy (non-hydrogen) atoms. The van der Waals surface area contributed by atoms with Crippen LogP contribution in [0.5, 0.6) is 0 Å². The van der Waals surface area contributed by atoms with E-state index in [4.69, 9.17) is 4.74 Å². The third-order valence-electron chi connectivity index (χ3n) is 4.59. The summed E-state index contributed by atoms with van der Waals surface area (Å²) in [6.07, 6.45) is 3.69. The third-order valence-corrected chi connectivity index (χ3v) is 4.59. The van der Waals surface area contributed by atoms with E-state index in [1.54, 1.807) is 18.7 Å². The van der Waals surface area contributed by atoms with Gasteiger partial charge in [-0.15, -0.1) is 0 Å². The van der Waals surface area contributed by atoms with Crippen LogP contribution in [0.15, 0.2) is 18.6 Å². The summed E-state index contributed by atoms with van der Waals surface area (Å²) in [7, 11) is 3.40. The number of methoxy groups -OCH3 is 1. The number of aromatic nitrogens is 4. The Morgan fingerprint density at radius 3 is 2.62 bits per heavy atom. The summed E-state index contributed by atoms with van der Waals surface area (Å²) >= 11 is 0. The van der Waals surface area contributed by atoms with E-state index in [2.05, 4.69) is 20.3 Å². The maximum absolute atomic E-state index is 13.2. The number of alkyl halides is 2. The van der Waals surface area contributed by atoms with Gasteiger partial charge in [-0.3, -0.25) is 4.79 Å². The van der Waals surface area contributed by atoms with Crippen molar-refractivity contribution >= 4 is 5.91 Å². The molecule has 0 spiro atoms. The zero-order valence-electron chi connectivity index (χ0n) is 14.7. The minimum Gasteiger partial charge on any atom is -0.381 e. The Morgan fingerprint density at radius 1 is 1.31 bits per heavy atom. The molecule has 0 aliphatic heterocycles. The summed E-state index contributed by atoms with van der Waals surface area (Å²) in [6, 6.07) is 1.15. The number of nitrogens with one attached hydrogen (secondary N) is 1. The summed E-state index contributed by atoms with van der Waals surface area (Å²) in [5.74, 6) is -0.801. The molecule has 9 heteroatoms. The molecule has 1 amide bonds. The van der Waals surface area contributed by atoms with Crippen molar-refractivity contribution in [1.29, 1.82) is 0 Å². The molecule has 2 aromatic heterocycles. The van der Waals surface area contributed by atoms with E-state index in [1.807, 2.05) is 0 Å². The zero-order valence-corrected chi connectivity index (χ0v) is 14.7. The first-order valence-electron chi connectivity index (χ1n) is 8.45. The minimum atomic E-state index is -2.80. The second kappa shape index (κ2) is 7.86. The Hall–Kier alpha value is -2.42. The molecule has 1 aliphatic carbocycles. The van der Waals surface area contributed by atoms with Gasteiger partial charge >= 0.3 is 0 Å². The fourth-order valence-electron chi connectivity index (χ4n) is 3.11. The molecule has 2 aromatic rings. The molecule has 140 valence electrons. The van der Waals surface area contributed by atoms with Crippen LogP contribution >= 0.6 is 0 Å². The number of aryl methyl sites for hydroxylation is 1. The molecule has 2 heterocycles. The topological polar surface area (TPSA) is 81.9 Å². The van der Waals surface area contributed by atoms with Gasteiger partial charge in [-0.1, -0.05) is 0 Å². The number of hydrogen-bond donors (Lipinski definition) is 1. The van der Waals surface area contributed by atoms with E-state index in [0.717, 1.165) is 25.7 Å². The van der Waals surface area contributed by atoms with Crippen molar-refractivity contribution in [3.8, 4) is 11.4 Å². The molecule has 1 N–H and O–H groups in total. The second-order valence-electron chi connectivity index (χ2n) is 6.37. The molecule has 0 radical (unpaired) electrons. The van der Waals surface area contributed by atoms with Gasteiger partial charge in [-0.2, -0.15) is 0 Å². The van der Waals surface area contributed by atoms with Crippen LogP contribution in [0.2, 0.25) is 0 Å². The number of rotatable bonds is 5. The maximum Gasteiger partial charge on any atom is 0.289 e. The summed E-state index contributed by atoms with van der Waals surface area (Å²) in [6.45, 7) is 0. The number of hydrogen-bond acceptors (Lipinski definition) is 5. The van der Waals surface area contributed by atoms with Crippen LogP contribution in [-0.4, -0.2) is 44.7 Å². The van der Waals surface area contributed by atoms with E-state index < -0.39 is 18.0 Å². The van der Waals surface area contributed by atoms with Crippen molar-refractivity contribution in [2.75, 3.05) is 7.11 Å². The first kappa shape index (κ1) is 18.4. The summed E-state index contributed by atoms with van der Waals surface area (Å²) in [5, 5.41) is 2.85. The van der Waals surface area contributed by atoms with Gasteiger partial charge in [0.15, 0.2) is 0 Å². The van der Waals surface area contributed by atoms with Gasteiger partial charge < -0.3 is 14.6 Å². The molecule has 0 aromatic carbocycles. The quantitative estimate of drug-likeness (QED) is 0.880. The van der Waals surface area contributed by atoms with Gasteiger partial charge in [-0.05, 0) is 31.7 Å². The second-order valence-corrected chi connectivity index (χ2v) is 6.37. The molecule has 0 bridgehead atoms. The fourth-order valence-corrected chi connectivity index (χ4v) is 3.11. The predicted molar refractivity (Wildman–Crippen MR) is 89.7 cm³/mol. The lowest BCUT2D eigenvalue weighted by Crippen LogP contribution is -2.39. The molecule has 3 rings (SSSR count).